The van der Waals surface area contributed by atoms with E-state index < -0.39 is 0 Å². The Bertz CT molecular complexity index is 628. The lowest BCUT2D eigenvalue weighted by atomic mass is 10.1. The van der Waals surface area contributed by atoms with Gasteiger partial charge in [-0.15, -0.1) is 11.3 Å². The zero-order valence-electron chi connectivity index (χ0n) is 11.2. The fraction of sp³-hybridized carbons (Fsp3) is 0.429. The minimum Gasteiger partial charge on any atom is -0.394 e. The van der Waals surface area contributed by atoms with E-state index in [1.807, 2.05) is 19.1 Å². The molecule has 1 N–H and O–H groups in total. The molecule has 1 aliphatic rings. The normalized spacial score (nSPS) is 23.2. The lowest BCUT2D eigenvalue weighted by molar-refractivity contribution is -0.0858. The molecule has 0 spiro atoms. The Morgan fingerprint density at radius 3 is 3.20 bits per heavy atom. The van der Waals surface area contributed by atoms with Gasteiger partial charge >= 0.3 is 0 Å². The molecule has 3 rings (SSSR count). The minimum absolute atomic E-state index is 0.0195. The van der Waals surface area contributed by atoms with E-state index in [1.54, 1.807) is 16.5 Å². The van der Waals surface area contributed by atoms with Crippen molar-refractivity contribution in [3.05, 3.63) is 29.3 Å². The van der Waals surface area contributed by atoms with E-state index in [9.17, 15) is 9.90 Å². The Kier molecular flexibility index (Phi) is 3.69. The van der Waals surface area contributed by atoms with Gasteiger partial charge in [-0.2, -0.15) is 0 Å². The summed E-state index contributed by atoms with van der Waals surface area (Å²) in [6.07, 6.45) is -0.355. The van der Waals surface area contributed by atoms with Crippen molar-refractivity contribution in [3.63, 3.8) is 0 Å². The number of benzene rings is 1. The van der Waals surface area contributed by atoms with E-state index in [0.717, 1.165) is 10.2 Å². The molecule has 2 unspecified atom stereocenters. The molecule has 1 amide bonds. The summed E-state index contributed by atoms with van der Waals surface area (Å²) in [4.78, 5) is 18.5. The smallest absolute Gasteiger partial charge is 0.254 e. The van der Waals surface area contributed by atoms with Crippen molar-refractivity contribution in [2.75, 3.05) is 19.7 Å². The first-order valence-electron chi connectivity index (χ1n) is 6.56. The molecule has 1 saturated heterocycles. The number of aromatic nitrogens is 1. The molecule has 0 bridgehead atoms. The summed E-state index contributed by atoms with van der Waals surface area (Å²) in [6.45, 7) is 2.83. The van der Waals surface area contributed by atoms with E-state index in [4.69, 9.17) is 4.74 Å². The molecule has 5 nitrogen and oxygen atoms in total. The molecule has 2 aromatic rings. The monoisotopic (exact) mass is 292 g/mol. The second-order valence-electron chi connectivity index (χ2n) is 5.00. The molecule has 0 aliphatic carbocycles. The van der Waals surface area contributed by atoms with E-state index in [1.165, 1.54) is 11.3 Å². The van der Waals surface area contributed by atoms with Crippen LogP contribution in [-0.4, -0.2) is 52.8 Å². The van der Waals surface area contributed by atoms with E-state index in [2.05, 4.69) is 4.98 Å². The van der Waals surface area contributed by atoms with Crippen LogP contribution in [0.4, 0.5) is 0 Å². The summed E-state index contributed by atoms with van der Waals surface area (Å²) in [6, 6.07) is 5.55. The van der Waals surface area contributed by atoms with Crippen LogP contribution in [-0.2, 0) is 4.74 Å². The largest absolute Gasteiger partial charge is 0.394 e. The lowest BCUT2D eigenvalue weighted by Crippen LogP contribution is -2.50. The molecular weight excluding hydrogens is 276 g/mol. The van der Waals surface area contributed by atoms with Gasteiger partial charge in [0.1, 0.15) is 0 Å². The number of amides is 1. The fourth-order valence-corrected chi connectivity index (χ4v) is 3.20. The molecule has 1 aromatic heterocycles. The molecule has 1 fully saturated rings. The Labute approximate surface area is 120 Å². The number of fused-ring (bicyclic) bond motifs is 1. The van der Waals surface area contributed by atoms with Gasteiger partial charge in [0.15, 0.2) is 0 Å². The van der Waals surface area contributed by atoms with E-state index >= 15 is 0 Å². The number of aliphatic hydroxyl groups excluding tert-OH is 1. The predicted molar refractivity (Wildman–Crippen MR) is 76.9 cm³/mol. The van der Waals surface area contributed by atoms with Crippen LogP contribution < -0.4 is 0 Å². The average Bonchev–Trinajstić information content (AvgIpc) is 2.93. The topological polar surface area (TPSA) is 62.7 Å². The number of hydrogen-bond donors (Lipinski definition) is 1. The molecule has 2 heterocycles. The van der Waals surface area contributed by atoms with Crippen LogP contribution in [0, 0.1) is 0 Å². The van der Waals surface area contributed by atoms with Crippen LogP contribution >= 0.6 is 11.3 Å². The fourth-order valence-electron chi connectivity index (χ4n) is 2.48. The molecular formula is C14H16N2O3S. The third-order valence-electron chi connectivity index (χ3n) is 3.40. The summed E-state index contributed by atoms with van der Waals surface area (Å²) in [5, 5.41) is 9.22. The number of hydrogen-bond acceptors (Lipinski definition) is 5. The second-order valence-corrected chi connectivity index (χ2v) is 5.88. The van der Waals surface area contributed by atoms with Gasteiger partial charge in [0, 0.05) is 18.7 Å². The SMILES string of the molecule is CC1CN(C(=O)c2ccc3ncsc3c2)CC(CO)O1. The highest BCUT2D eigenvalue weighted by Crippen LogP contribution is 2.21. The van der Waals surface area contributed by atoms with Crippen molar-refractivity contribution < 1.29 is 14.6 Å². The Hall–Kier alpha value is -1.50. The quantitative estimate of drug-likeness (QED) is 0.911. The Balaban J connectivity index is 1.83. The van der Waals surface area contributed by atoms with Crippen molar-refractivity contribution in [1.29, 1.82) is 0 Å². The summed E-state index contributed by atoms with van der Waals surface area (Å²) in [7, 11) is 0. The first-order chi connectivity index (χ1) is 9.67. The molecule has 20 heavy (non-hydrogen) atoms. The van der Waals surface area contributed by atoms with Crippen molar-refractivity contribution in [1.82, 2.24) is 9.88 Å². The molecule has 6 heteroatoms. The third kappa shape index (κ3) is 2.54. The summed E-state index contributed by atoms with van der Waals surface area (Å²) >= 11 is 1.52. The van der Waals surface area contributed by atoms with Crippen molar-refractivity contribution in [2.45, 2.75) is 19.1 Å². The maximum absolute atomic E-state index is 12.5. The first-order valence-corrected chi connectivity index (χ1v) is 7.44. The number of carbonyl (C=O) groups excluding carboxylic acids is 1. The summed E-state index contributed by atoms with van der Waals surface area (Å²) in [5.74, 6) is -0.0195. The lowest BCUT2D eigenvalue weighted by Gasteiger charge is -2.36. The van der Waals surface area contributed by atoms with Gasteiger partial charge in [-0.05, 0) is 25.1 Å². The van der Waals surface area contributed by atoms with Gasteiger partial charge in [0.2, 0.25) is 0 Å². The van der Waals surface area contributed by atoms with E-state index in [0.29, 0.717) is 18.7 Å². The van der Waals surface area contributed by atoms with Crippen LogP contribution in [0.25, 0.3) is 10.2 Å². The van der Waals surface area contributed by atoms with Gasteiger partial charge in [-0.1, -0.05) is 0 Å². The third-order valence-corrected chi connectivity index (χ3v) is 4.19. The minimum atomic E-state index is -0.296. The molecule has 0 saturated carbocycles. The highest BCUT2D eigenvalue weighted by molar-refractivity contribution is 7.16. The van der Waals surface area contributed by atoms with Gasteiger partial charge in [-0.25, -0.2) is 4.98 Å². The number of morpholine rings is 1. The zero-order valence-corrected chi connectivity index (χ0v) is 12.0. The predicted octanol–water partition coefficient (Wildman–Crippen LogP) is 1.52. The van der Waals surface area contributed by atoms with Gasteiger partial charge in [0.05, 0.1) is 34.5 Å². The zero-order chi connectivity index (χ0) is 14.1. The number of thiazole rings is 1. The van der Waals surface area contributed by atoms with E-state index in [-0.39, 0.29) is 24.7 Å². The van der Waals surface area contributed by atoms with Crippen LogP contribution in [0.5, 0.6) is 0 Å². The van der Waals surface area contributed by atoms with Crippen LogP contribution in [0.15, 0.2) is 23.7 Å². The highest BCUT2D eigenvalue weighted by Gasteiger charge is 2.28. The number of rotatable bonds is 2. The summed E-state index contributed by atoms with van der Waals surface area (Å²) < 4.78 is 6.57. The van der Waals surface area contributed by atoms with Crippen molar-refractivity contribution in [3.8, 4) is 0 Å². The second kappa shape index (κ2) is 5.47. The Morgan fingerprint density at radius 1 is 1.55 bits per heavy atom. The average molecular weight is 292 g/mol. The maximum Gasteiger partial charge on any atom is 0.254 e. The number of carbonyl (C=O) groups is 1. The number of nitrogens with zero attached hydrogens (tertiary/aromatic N) is 2. The van der Waals surface area contributed by atoms with Crippen molar-refractivity contribution in [2.24, 2.45) is 0 Å². The molecule has 0 radical (unpaired) electrons. The number of ether oxygens (including phenoxy) is 1. The van der Waals surface area contributed by atoms with Gasteiger partial charge in [0.25, 0.3) is 5.91 Å². The first kappa shape index (κ1) is 13.5. The van der Waals surface area contributed by atoms with Gasteiger partial charge < -0.3 is 14.7 Å². The Morgan fingerprint density at radius 2 is 2.40 bits per heavy atom. The van der Waals surface area contributed by atoms with Crippen LogP contribution in [0.1, 0.15) is 17.3 Å². The maximum atomic E-state index is 12.5. The highest BCUT2D eigenvalue weighted by atomic mass is 32.1. The molecule has 1 aliphatic heterocycles. The van der Waals surface area contributed by atoms with Crippen molar-refractivity contribution >= 4 is 27.5 Å². The van der Waals surface area contributed by atoms with Gasteiger partial charge in [-0.3, -0.25) is 4.79 Å². The summed E-state index contributed by atoms with van der Waals surface area (Å²) in [5.41, 5.74) is 3.35. The number of aliphatic hydroxyl groups is 1. The molecule has 1 aromatic carbocycles. The molecule has 2 atom stereocenters. The molecule has 106 valence electrons. The van der Waals surface area contributed by atoms with Crippen LogP contribution in [0.2, 0.25) is 0 Å². The van der Waals surface area contributed by atoms with Crippen LogP contribution in [0.3, 0.4) is 0 Å². The standard InChI is InChI=1S/C14H16N2O3S/c1-9-5-16(6-11(7-17)19-9)14(18)10-2-3-12-13(4-10)20-8-15-12/h2-4,8-9,11,17H,5-7H2,1H3.